The summed E-state index contributed by atoms with van der Waals surface area (Å²) in [5.41, 5.74) is 5.58. The monoisotopic (exact) mass is 493 g/mol. The van der Waals surface area contributed by atoms with E-state index >= 15 is 0 Å². The maximum absolute atomic E-state index is 4.62. The SMILES string of the molecule is CN=C(NCC1C2Cc3ccccc3C12)N(C)Cc1cn(C)nc1C(C)C.I. The molecule has 2 aliphatic carbocycles. The van der Waals surface area contributed by atoms with Crippen LogP contribution in [0.1, 0.15) is 48.1 Å². The second kappa shape index (κ2) is 8.43. The van der Waals surface area contributed by atoms with Gasteiger partial charge in [0.2, 0.25) is 0 Å². The second-order valence-corrected chi connectivity index (χ2v) is 8.41. The Balaban J connectivity index is 0.00000225. The normalized spacial score (nSPS) is 22.5. The van der Waals surface area contributed by atoms with Gasteiger partial charge in [0.1, 0.15) is 0 Å². The molecule has 1 aromatic carbocycles. The zero-order valence-corrected chi connectivity index (χ0v) is 19.8. The lowest BCUT2D eigenvalue weighted by Gasteiger charge is -2.23. The molecule has 3 unspecified atom stereocenters. The van der Waals surface area contributed by atoms with Gasteiger partial charge in [-0.3, -0.25) is 9.67 Å². The number of hydrogen-bond acceptors (Lipinski definition) is 2. The fraction of sp³-hybridized carbons (Fsp3) is 0.545. The zero-order chi connectivity index (χ0) is 19.1. The van der Waals surface area contributed by atoms with Gasteiger partial charge in [0, 0.05) is 46.0 Å². The Labute approximate surface area is 185 Å². The van der Waals surface area contributed by atoms with Gasteiger partial charge < -0.3 is 10.2 Å². The van der Waals surface area contributed by atoms with Crippen LogP contribution >= 0.6 is 24.0 Å². The third-order valence-corrected chi connectivity index (χ3v) is 6.16. The predicted molar refractivity (Wildman–Crippen MR) is 125 cm³/mol. The average Bonchev–Trinajstić information content (AvgIpc) is 2.98. The molecule has 2 aromatic rings. The average molecular weight is 493 g/mol. The Bertz CT molecular complexity index is 856. The van der Waals surface area contributed by atoms with Crippen LogP contribution in [0.25, 0.3) is 0 Å². The number of nitrogens with zero attached hydrogens (tertiary/aromatic N) is 4. The highest BCUT2D eigenvalue weighted by Gasteiger charge is 2.54. The molecule has 0 bridgehead atoms. The number of nitrogens with one attached hydrogen (secondary N) is 1. The summed E-state index contributed by atoms with van der Waals surface area (Å²) >= 11 is 0. The minimum absolute atomic E-state index is 0. The molecule has 0 radical (unpaired) electrons. The maximum atomic E-state index is 4.62. The molecule has 0 aliphatic heterocycles. The highest BCUT2D eigenvalue weighted by Crippen LogP contribution is 2.60. The van der Waals surface area contributed by atoms with Crippen molar-refractivity contribution in [2.75, 3.05) is 20.6 Å². The lowest BCUT2D eigenvalue weighted by Crippen LogP contribution is -2.39. The molecule has 1 fully saturated rings. The third-order valence-electron chi connectivity index (χ3n) is 6.16. The van der Waals surface area contributed by atoms with Crippen molar-refractivity contribution in [3.8, 4) is 0 Å². The first-order valence-corrected chi connectivity index (χ1v) is 10.0. The molecule has 0 saturated heterocycles. The van der Waals surface area contributed by atoms with E-state index in [0.717, 1.165) is 36.8 Å². The number of hydrogen-bond donors (Lipinski definition) is 1. The van der Waals surface area contributed by atoms with Gasteiger partial charge in [-0.25, -0.2) is 0 Å². The Morgan fingerprint density at radius 1 is 1.36 bits per heavy atom. The van der Waals surface area contributed by atoms with Crippen LogP contribution in [0.4, 0.5) is 0 Å². The molecule has 1 saturated carbocycles. The van der Waals surface area contributed by atoms with Gasteiger partial charge in [-0.05, 0) is 41.2 Å². The molecule has 28 heavy (non-hydrogen) atoms. The standard InChI is InChI=1S/C22H31N5.HI/c1-14(2)21-16(13-27(5)25-21)12-26(4)22(23-3)24-11-19-18-10-15-8-6-7-9-17(15)20(18)19;/h6-9,13-14,18-20H,10-12H2,1-5H3,(H,23,24);1H. The van der Waals surface area contributed by atoms with E-state index in [1.807, 2.05) is 18.8 Å². The summed E-state index contributed by atoms with van der Waals surface area (Å²) in [7, 11) is 5.97. The van der Waals surface area contributed by atoms with E-state index < -0.39 is 0 Å². The summed E-state index contributed by atoms with van der Waals surface area (Å²) in [5.74, 6) is 3.71. The summed E-state index contributed by atoms with van der Waals surface area (Å²) in [6, 6.07) is 8.95. The summed E-state index contributed by atoms with van der Waals surface area (Å²) < 4.78 is 1.91. The minimum atomic E-state index is 0. The fourth-order valence-corrected chi connectivity index (χ4v) is 4.85. The Kier molecular flexibility index (Phi) is 6.37. The van der Waals surface area contributed by atoms with Crippen LogP contribution < -0.4 is 5.32 Å². The van der Waals surface area contributed by atoms with E-state index in [4.69, 9.17) is 0 Å². The Morgan fingerprint density at radius 2 is 2.11 bits per heavy atom. The van der Waals surface area contributed by atoms with Crippen LogP contribution in [0.15, 0.2) is 35.5 Å². The van der Waals surface area contributed by atoms with Crippen LogP contribution in [-0.4, -0.2) is 41.3 Å². The number of guanidine groups is 1. The van der Waals surface area contributed by atoms with Gasteiger partial charge in [-0.1, -0.05) is 38.1 Å². The van der Waals surface area contributed by atoms with E-state index in [1.165, 1.54) is 17.7 Å². The van der Waals surface area contributed by atoms with Gasteiger partial charge >= 0.3 is 0 Å². The van der Waals surface area contributed by atoms with E-state index in [1.54, 1.807) is 11.1 Å². The summed E-state index contributed by atoms with van der Waals surface area (Å²) in [6.07, 6.45) is 3.37. The third kappa shape index (κ3) is 3.93. The molecule has 1 N–H and O–H groups in total. The number of halogens is 1. The van der Waals surface area contributed by atoms with Crippen LogP contribution in [-0.2, 0) is 20.0 Å². The first-order valence-electron chi connectivity index (χ1n) is 10.0. The first-order chi connectivity index (χ1) is 13.0. The maximum Gasteiger partial charge on any atom is 0.193 e. The summed E-state index contributed by atoms with van der Waals surface area (Å²) in [5, 5.41) is 8.24. The molecule has 152 valence electrons. The molecular formula is C22H32IN5. The largest absolute Gasteiger partial charge is 0.356 e. The van der Waals surface area contributed by atoms with Gasteiger partial charge in [-0.2, -0.15) is 5.10 Å². The smallest absolute Gasteiger partial charge is 0.193 e. The molecule has 4 rings (SSSR count). The molecule has 3 atom stereocenters. The molecule has 5 nitrogen and oxygen atoms in total. The van der Waals surface area contributed by atoms with Crippen molar-refractivity contribution in [2.45, 2.75) is 38.6 Å². The van der Waals surface area contributed by atoms with E-state index in [0.29, 0.717) is 5.92 Å². The molecule has 0 amide bonds. The summed E-state index contributed by atoms with van der Waals surface area (Å²) in [6.45, 7) is 6.22. The summed E-state index contributed by atoms with van der Waals surface area (Å²) in [4.78, 5) is 6.71. The molecular weight excluding hydrogens is 461 g/mol. The van der Waals surface area contributed by atoms with Gasteiger partial charge in [0.05, 0.1) is 5.69 Å². The zero-order valence-electron chi connectivity index (χ0n) is 17.5. The van der Waals surface area contributed by atoms with Crippen molar-refractivity contribution in [1.29, 1.82) is 0 Å². The number of aryl methyl sites for hydroxylation is 1. The van der Waals surface area contributed by atoms with E-state index in [-0.39, 0.29) is 24.0 Å². The van der Waals surface area contributed by atoms with Crippen molar-refractivity contribution in [1.82, 2.24) is 20.0 Å². The van der Waals surface area contributed by atoms with Crippen molar-refractivity contribution in [3.05, 3.63) is 52.8 Å². The van der Waals surface area contributed by atoms with Crippen LogP contribution in [0.2, 0.25) is 0 Å². The van der Waals surface area contributed by atoms with Gasteiger partial charge in [0.15, 0.2) is 5.96 Å². The molecule has 2 aliphatic rings. The van der Waals surface area contributed by atoms with Crippen LogP contribution in [0.3, 0.4) is 0 Å². The molecule has 1 aromatic heterocycles. The molecule has 6 heteroatoms. The number of aliphatic imine (C=N–C) groups is 1. The lowest BCUT2D eigenvalue weighted by molar-refractivity contribution is 0.469. The lowest BCUT2D eigenvalue weighted by atomic mass is 10.0. The van der Waals surface area contributed by atoms with Crippen LogP contribution in [0, 0.1) is 11.8 Å². The van der Waals surface area contributed by atoms with Crippen LogP contribution in [0.5, 0.6) is 0 Å². The van der Waals surface area contributed by atoms with Gasteiger partial charge in [-0.15, -0.1) is 24.0 Å². The predicted octanol–water partition coefficient (Wildman–Crippen LogP) is 3.75. The molecule has 1 heterocycles. The number of fused-ring (bicyclic) bond motifs is 3. The van der Waals surface area contributed by atoms with Gasteiger partial charge in [0.25, 0.3) is 0 Å². The van der Waals surface area contributed by atoms with Crippen molar-refractivity contribution in [3.63, 3.8) is 0 Å². The van der Waals surface area contributed by atoms with Crippen molar-refractivity contribution >= 4 is 29.9 Å². The Hall–Kier alpha value is -1.57. The van der Waals surface area contributed by atoms with Crippen molar-refractivity contribution < 1.29 is 0 Å². The quantitative estimate of drug-likeness (QED) is 0.392. The number of rotatable bonds is 5. The van der Waals surface area contributed by atoms with E-state index in [9.17, 15) is 0 Å². The highest BCUT2D eigenvalue weighted by atomic mass is 127. The van der Waals surface area contributed by atoms with Crippen molar-refractivity contribution in [2.24, 2.45) is 23.9 Å². The fourth-order valence-electron chi connectivity index (χ4n) is 4.85. The second-order valence-electron chi connectivity index (χ2n) is 8.41. The molecule has 0 spiro atoms. The minimum Gasteiger partial charge on any atom is -0.356 e. The number of aromatic nitrogens is 2. The number of benzene rings is 1. The Morgan fingerprint density at radius 3 is 2.82 bits per heavy atom. The van der Waals surface area contributed by atoms with E-state index in [2.05, 4.69) is 71.7 Å². The highest BCUT2D eigenvalue weighted by molar-refractivity contribution is 14.0. The first kappa shape index (κ1) is 21.1. The topological polar surface area (TPSA) is 45.5 Å².